The maximum atomic E-state index is 14.2. The highest BCUT2D eigenvalue weighted by Crippen LogP contribution is 2.38. The minimum absolute atomic E-state index is 0.140. The number of piperidine rings is 1. The van der Waals surface area contributed by atoms with Gasteiger partial charge in [0.2, 0.25) is 5.95 Å². The third kappa shape index (κ3) is 6.12. The van der Waals surface area contributed by atoms with Crippen LogP contribution in [0.15, 0.2) is 42.7 Å². The molecule has 0 amide bonds. The molecule has 7 nitrogen and oxygen atoms in total. The molecule has 37 heavy (non-hydrogen) atoms. The number of rotatable bonds is 10. The zero-order valence-corrected chi connectivity index (χ0v) is 21.9. The molecule has 3 fully saturated rings. The van der Waals surface area contributed by atoms with Gasteiger partial charge in [-0.2, -0.15) is 0 Å². The van der Waals surface area contributed by atoms with Gasteiger partial charge in [-0.15, -0.1) is 0 Å². The first-order valence-corrected chi connectivity index (χ1v) is 14.0. The van der Waals surface area contributed by atoms with Gasteiger partial charge in [0.15, 0.2) is 0 Å². The summed E-state index contributed by atoms with van der Waals surface area (Å²) in [6.07, 6.45) is 9.93. The number of likely N-dealkylation sites (tertiary alicyclic amines) is 2. The Kier molecular flexibility index (Phi) is 8.35. The largest absolute Gasteiger partial charge is 0.480 e. The minimum Gasteiger partial charge on any atom is -0.480 e. The number of benzene rings is 1. The molecule has 2 aliphatic heterocycles. The molecule has 0 unspecified atom stereocenters. The zero-order chi connectivity index (χ0) is 25.8. The summed E-state index contributed by atoms with van der Waals surface area (Å²) in [6, 6.07) is 8.75. The van der Waals surface area contributed by atoms with Gasteiger partial charge in [-0.25, -0.2) is 14.4 Å². The number of aliphatic carboxylic acids is 1. The van der Waals surface area contributed by atoms with Gasteiger partial charge in [0.25, 0.3) is 0 Å². The molecule has 2 aromatic rings. The van der Waals surface area contributed by atoms with Crippen LogP contribution in [0.2, 0.25) is 0 Å². The standard InChI is InChI=1S/C29H40FN5O2/c1-2-35(29-31-12-5-13-32-29)25-10-14-33(15-11-25)18-23-19-34(27(28(36)37)16-21-6-3-7-21)20-26(23)22-8-4-9-24(30)17-22/h4-5,8-9,12-13,17,21,23,25-27H,2-3,6-7,10-11,14-16,18-20H2,1H3,(H,36,37)/t23-,26+,27+/m0/s1. The van der Waals surface area contributed by atoms with Crippen molar-refractivity contribution < 1.29 is 14.3 Å². The highest BCUT2D eigenvalue weighted by Gasteiger charge is 2.41. The Morgan fingerprint density at radius 3 is 2.51 bits per heavy atom. The lowest BCUT2D eigenvalue weighted by Crippen LogP contribution is -2.47. The van der Waals surface area contributed by atoms with E-state index in [1.165, 1.54) is 12.5 Å². The molecule has 200 valence electrons. The van der Waals surface area contributed by atoms with Crippen LogP contribution in [0, 0.1) is 17.7 Å². The summed E-state index contributed by atoms with van der Waals surface area (Å²) in [4.78, 5) is 28.2. The van der Waals surface area contributed by atoms with Crippen molar-refractivity contribution in [2.45, 2.75) is 63.5 Å². The summed E-state index contributed by atoms with van der Waals surface area (Å²) < 4.78 is 14.2. The molecule has 0 radical (unpaired) electrons. The second kappa shape index (κ2) is 11.9. The summed E-state index contributed by atoms with van der Waals surface area (Å²) in [5.74, 6) is 0.814. The van der Waals surface area contributed by atoms with Crippen LogP contribution < -0.4 is 4.90 Å². The van der Waals surface area contributed by atoms with Gasteiger partial charge in [0, 0.05) is 63.6 Å². The lowest BCUT2D eigenvalue weighted by atomic mass is 9.80. The molecule has 5 rings (SSSR count). The van der Waals surface area contributed by atoms with Gasteiger partial charge < -0.3 is 14.9 Å². The van der Waals surface area contributed by atoms with Crippen molar-refractivity contribution in [2.24, 2.45) is 11.8 Å². The number of hydrogen-bond donors (Lipinski definition) is 1. The fourth-order valence-corrected chi connectivity index (χ4v) is 6.66. The monoisotopic (exact) mass is 509 g/mol. The predicted octanol–water partition coefficient (Wildman–Crippen LogP) is 4.27. The fourth-order valence-electron chi connectivity index (χ4n) is 6.66. The van der Waals surface area contributed by atoms with Crippen LogP contribution in [0.1, 0.15) is 56.9 Å². The highest BCUT2D eigenvalue weighted by atomic mass is 19.1. The van der Waals surface area contributed by atoms with E-state index in [4.69, 9.17) is 0 Å². The number of anilines is 1. The smallest absolute Gasteiger partial charge is 0.320 e. The van der Waals surface area contributed by atoms with Gasteiger partial charge in [-0.3, -0.25) is 9.69 Å². The molecule has 0 bridgehead atoms. The van der Waals surface area contributed by atoms with Crippen LogP contribution >= 0.6 is 0 Å². The topological polar surface area (TPSA) is 72.8 Å². The Bertz CT molecular complexity index is 1030. The molecule has 3 heterocycles. The van der Waals surface area contributed by atoms with Crippen LogP contribution in [-0.2, 0) is 4.79 Å². The quantitative estimate of drug-likeness (QED) is 0.513. The van der Waals surface area contributed by atoms with Crippen molar-refractivity contribution in [1.82, 2.24) is 19.8 Å². The van der Waals surface area contributed by atoms with Crippen LogP contribution in [0.25, 0.3) is 0 Å². The molecule has 1 N–H and O–H groups in total. The Morgan fingerprint density at radius 1 is 1.14 bits per heavy atom. The molecule has 1 saturated carbocycles. The first-order chi connectivity index (χ1) is 18.0. The number of carboxylic acid groups (broad SMARTS) is 1. The first-order valence-electron chi connectivity index (χ1n) is 14.0. The number of halogens is 1. The van der Waals surface area contributed by atoms with Crippen molar-refractivity contribution in [3.8, 4) is 0 Å². The Morgan fingerprint density at radius 2 is 1.89 bits per heavy atom. The van der Waals surface area contributed by atoms with E-state index < -0.39 is 12.0 Å². The zero-order valence-electron chi connectivity index (χ0n) is 21.9. The molecule has 1 aromatic heterocycles. The van der Waals surface area contributed by atoms with Gasteiger partial charge in [0.1, 0.15) is 11.9 Å². The van der Waals surface area contributed by atoms with Crippen LogP contribution in [0.5, 0.6) is 0 Å². The third-order valence-electron chi connectivity index (χ3n) is 8.89. The molecular weight excluding hydrogens is 469 g/mol. The van der Waals surface area contributed by atoms with Crippen LogP contribution in [-0.4, -0.2) is 82.2 Å². The Labute approximate surface area is 219 Å². The second-order valence-electron chi connectivity index (χ2n) is 11.1. The van der Waals surface area contributed by atoms with E-state index in [1.54, 1.807) is 24.5 Å². The molecule has 2 saturated heterocycles. The van der Waals surface area contributed by atoms with Gasteiger partial charge in [0.05, 0.1) is 0 Å². The van der Waals surface area contributed by atoms with Crippen LogP contribution in [0.3, 0.4) is 0 Å². The summed E-state index contributed by atoms with van der Waals surface area (Å²) in [5.41, 5.74) is 0.994. The average molecular weight is 510 g/mol. The summed E-state index contributed by atoms with van der Waals surface area (Å²) >= 11 is 0. The second-order valence-corrected chi connectivity index (χ2v) is 11.1. The predicted molar refractivity (Wildman–Crippen MR) is 142 cm³/mol. The number of hydrogen-bond acceptors (Lipinski definition) is 6. The maximum absolute atomic E-state index is 14.2. The minimum atomic E-state index is -0.714. The van der Waals surface area contributed by atoms with E-state index in [2.05, 4.69) is 31.6 Å². The SMILES string of the molecule is CCN(c1ncccn1)C1CCN(C[C@H]2CN([C@H](CC3CCC3)C(=O)O)C[C@@H]2c2cccc(F)c2)CC1. The van der Waals surface area contributed by atoms with Gasteiger partial charge in [-0.1, -0.05) is 31.4 Å². The third-order valence-corrected chi connectivity index (χ3v) is 8.89. The van der Waals surface area contributed by atoms with Gasteiger partial charge in [-0.05, 0) is 61.8 Å². The lowest BCUT2D eigenvalue weighted by Gasteiger charge is -2.39. The normalized spacial score (nSPS) is 24.6. The molecule has 3 aliphatic rings. The van der Waals surface area contributed by atoms with E-state index in [-0.39, 0.29) is 17.7 Å². The van der Waals surface area contributed by atoms with E-state index in [1.807, 2.05) is 12.1 Å². The van der Waals surface area contributed by atoms with E-state index in [0.29, 0.717) is 18.5 Å². The Hall–Kier alpha value is -2.58. The molecular formula is C29H40FN5O2. The average Bonchev–Trinajstić information content (AvgIpc) is 3.28. The molecule has 0 spiro atoms. The van der Waals surface area contributed by atoms with E-state index >= 15 is 0 Å². The lowest BCUT2D eigenvalue weighted by molar-refractivity contribution is -0.144. The van der Waals surface area contributed by atoms with Crippen LogP contribution in [0.4, 0.5) is 10.3 Å². The van der Waals surface area contributed by atoms with Crippen molar-refractivity contribution in [3.05, 3.63) is 54.1 Å². The number of aromatic nitrogens is 2. The first kappa shape index (κ1) is 26.0. The van der Waals surface area contributed by atoms with Gasteiger partial charge >= 0.3 is 5.97 Å². The molecule has 3 atom stereocenters. The number of nitrogens with zero attached hydrogens (tertiary/aromatic N) is 5. The summed E-state index contributed by atoms with van der Waals surface area (Å²) in [7, 11) is 0. The van der Waals surface area contributed by atoms with E-state index in [9.17, 15) is 14.3 Å². The maximum Gasteiger partial charge on any atom is 0.320 e. The van der Waals surface area contributed by atoms with Crippen molar-refractivity contribution >= 4 is 11.9 Å². The van der Waals surface area contributed by atoms with E-state index in [0.717, 1.165) is 76.3 Å². The molecule has 1 aromatic carbocycles. The Balaban J connectivity index is 1.26. The fraction of sp³-hybridized carbons (Fsp3) is 0.621. The molecule has 8 heteroatoms. The summed E-state index contributed by atoms with van der Waals surface area (Å²) in [6.45, 7) is 7.37. The van der Waals surface area contributed by atoms with Crippen molar-refractivity contribution in [2.75, 3.05) is 44.2 Å². The van der Waals surface area contributed by atoms with Crippen molar-refractivity contribution in [3.63, 3.8) is 0 Å². The highest BCUT2D eigenvalue weighted by molar-refractivity contribution is 5.73. The summed E-state index contributed by atoms with van der Waals surface area (Å²) in [5, 5.41) is 10.1. The molecule has 1 aliphatic carbocycles. The number of carbonyl (C=O) groups is 1. The number of carboxylic acids is 1. The van der Waals surface area contributed by atoms with Crippen molar-refractivity contribution in [1.29, 1.82) is 0 Å².